The van der Waals surface area contributed by atoms with E-state index in [1.807, 2.05) is 24.3 Å². The van der Waals surface area contributed by atoms with Crippen molar-refractivity contribution in [3.8, 4) is 0 Å². The van der Waals surface area contributed by atoms with Crippen LogP contribution in [0.25, 0.3) is 10.9 Å². The highest BCUT2D eigenvalue weighted by molar-refractivity contribution is 6.32. The van der Waals surface area contributed by atoms with Crippen molar-refractivity contribution in [2.75, 3.05) is 13.1 Å². The van der Waals surface area contributed by atoms with E-state index < -0.39 is 5.97 Å². The highest BCUT2D eigenvalue weighted by atomic mass is 35.5. The molecule has 2 heterocycles. The predicted octanol–water partition coefficient (Wildman–Crippen LogP) is 3.97. The summed E-state index contributed by atoms with van der Waals surface area (Å²) in [5, 5.41) is 10.7. The number of likely N-dealkylation sites (tertiary alicyclic amines) is 1. The third-order valence-electron chi connectivity index (χ3n) is 4.57. The summed E-state index contributed by atoms with van der Waals surface area (Å²) >= 11 is 6.42. The van der Waals surface area contributed by atoms with Crippen molar-refractivity contribution in [3.05, 3.63) is 41.0 Å². The third kappa shape index (κ3) is 4.01. The van der Waals surface area contributed by atoms with Gasteiger partial charge in [-0.25, -0.2) is 0 Å². The van der Waals surface area contributed by atoms with E-state index in [4.69, 9.17) is 16.7 Å². The van der Waals surface area contributed by atoms with E-state index in [0.717, 1.165) is 60.4 Å². The molecule has 1 aromatic carbocycles. The van der Waals surface area contributed by atoms with Crippen LogP contribution in [-0.2, 0) is 11.3 Å². The SMILES string of the molecule is O=C(O)CCC1CCCN(Cc2c(Cl)ccc3cccnc23)C1. The van der Waals surface area contributed by atoms with E-state index in [9.17, 15) is 4.79 Å². The number of carboxylic acids is 1. The molecular weight excluding hydrogens is 312 g/mol. The average Bonchev–Trinajstić information content (AvgIpc) is 2.56. The molecule has 0 bridgehead atoms. The van der Waals surface area contributed by atoms with Crippen LogP contribution < -0.4 is 0 Å². The number of pyridine rings is 1. The molecule has 3 rings (SSSR count). The first-order valence-electron chi connectivity index (χ1n) is 8.10. The second kappa shape index (κ2) is 7.28. The number of aliphatic carboxylic acids is 1. The first-order valence-corrected chi connectivity index (χ1v) is 8.47. The Morgan fingerprint density at radius 3 is 3.09 bits per heavy atom. The zero-order valence-corrected chi connectivity index (χ0v) is 13.8. The molecule has 122 valence electrons. The van der Waals surface area contributed by atoms with Crippen LogP contribution >= 0.6 is 11.6 Å². The zero-order chi connectivity index (χ0) is 16.2. The Bertz CT molecular complexity index is 704. The fourth-order valence-electron chi connectivity index (χ4n) is 3.41. The van der Waals surface area contributed by atoms with Gasteiger partial charge in [-0.3, -0.25) is 14.7 Å². The molecule has 0 amide bonds. The van der Waals surface area contributed by atoms with Crippen molar-refractivity contribution in [2.45, 2.75) is 32.2 Å². The van der Waals surface area contributed by atoms with E-state index in [-0.39, 0.29) is 6.42 Å². The fourth-order valence-corrected chi connectivity index (χ4v) is 3.63. The van der Waals surface area contributed by atoms with Gasteiger partial charge in [-0.05, 0) is 43.9 Å². The monoisotopic (exact) mass is 332 g/mol. The van der Waals surface area contributed by atoms with Crippen LogP contribution in [0, 0.1) is 5.92 Å². The van der Waals surface area contributed by atoms with Gasteiger partial charge in [-0.2, -0.15) is 0 Å². The number of hydrogen-bond donors (Lipinski definition) is 1. The van der Waals surface area contributed by atoms with Gasteiger partial charge >= 0.3 is 5.97 Å². The Balaban J connectivity index is 1.74. The van der Waals surface area contributed by atoms with Gasteiger partial charge in [-0.15, -0.1) is 0 Å². The molecule has 23 heavy (non-hydrogen) atoms. The number of rotatable bonds is 5. The van der Waals surface area contributed by atoms with E-state index in [0.29, 0.717) is 5.92 Å². The molecular formula is C18H21ClN2O2. The van der Waals surface area contributed by atoms with Crippen molar-refractivity contribution in [1.29, 1.82) is 0 Å². The first kappa shape index (κ1) is 16.2. The maximum Gasteiger partial charge on any atom is 0.303 e. The van der Waals surface area contributed by atoms with Gasteiger partial charge in [0.15, 0.2) is 0 Å². The molecule has 0 saturated carbocycles. The van der Waals surface area contributed by atoms with Gasteiger partial charge in [0.25, 0.3) is 0 Å². The lowest BCUT2D eigenvalue weighted by molar-refractivity contribution is -0.137. The summed E-state index contributed by atoms with van der Waals surface area (Å²) in [5.74, 6) is -0.245. The van der Waals surface area contributed by atoms with Crippen molar-refractivity contribution in [2.24, 2.45) is 5.92 Å². The van der Waals surface area contributed by atoms with E-state index in [2.05, 4.69) is 9.88 Å². The number of nitrogens with zero attached hydrogens (tertiary/aromatic N) is 2. The topological polar surface area (TPSA) is 53.4 Å². The normalized spacial score (nSPS) is 19.1. The van der Waals surface area contributed by atoms with Crippen LogP contribution in [0.4, 0.5) is 0 Å². The Morgan fingerprint density at radius 1 is 1.39 bits per heavy atom. The Hall–Kier alpha value is -1.65. The number of halogens is 1. The van der Waals surface area contributed by atoms with Crippen LogP contribution in [0.1, 0.15) is 31.2 Å². The largest absolute Gasteiger partial charge is 0.481 e. The maximum atomic E-state index is 10.8. The Morgan fingerprint density at radius 2 is 2.26 bits per heavy atom. The molecule has 0 spiro atoms. The van der Waals surface area contributed by atoms with Crippen LogP contribution in [0.3, 0.4) is 0 Å². The van der Waals surface area contributed by atoms with Crippen LogP contribution in [0.15, 0.2) is 30.5 Å². The molecule has 4 nitrogen and oxygen atoms in total. The highest BCUT2D eigenvalue weighted by Gasteiger charge is 2.22. The summed E-state index contributed by atoms with van der Waals surface area (Å²) in [5.41, 5.74) is 2.04. The second-order valence-electron chi connectivity index (χ2n) is 6.28. The average molecular weight is 333 g/mol. The summed E-state index contributed by atoms with van der Waals surface area (Å²) in [7, 11) is 0. The minimum atomic E-state index is -0.705. The first-order chi connectivity index (χ1) is 11.1. The molecule has 1 atom stereocenters. The summed E-state index contributed by atoms with van der Waals surface area (Å²) in [6, 6.07) is 7.92. The summed E-state index contributed by atoms with van der Waals surface area (Å²) < 4.78 is 0. The zero-order valence-electron chi connectivity index (χ0n) is 13.0. The highest BCUT2D eigenvalue weighted by Crippen LogP contribution is 2.28. The number of benzene rings is 1. The maximum absolute atomic E-state index is 10.8. The van der Waals surface area contributed by atoms with Gasteiger partial charge in [-0.1, -0.05) is 23.7 Å². The number of carbonyl (C=O) groups is 1. The van der Waals surface area contributed by atoms with Crippen molar-refractivity contribution in [3.63, 3.8) is 0 Å². The van der Waals surface area contributed by atoms with Gasteiger partial charge in [0, 0.05) is 41.7 Å². The quantitative estimate of drug-likeness (QED) is 0.900. The number of aromatic nitrogens is 1. The standard InChI is InChI=1S/C18H21ClN2O2/c19-16-7-6-14-4-1-9-20-18(14)15(16)12-21-10-2-3-13(11-21)5-8-17(22)23/h1,4,6-7,9,13H,2-3,5,8,10-12H2,(H,22,23). The third-order valence-corrected chi connectivity index (χ3v) is 4.93. The summed E-state index contributed by atoms with van der Waals surface area (Å²) in [6.07, 6.45) is 5.04. The molecule has 1 unspecified atom stereocenters. The number of piperidine rings is 1. The van der Waals surface area contributed by atoms with Crippen LogP contribution in [0.5, 0.6) is 0 Å². The Labute approximate surface area is 141 Å². The molecule has 2 aromatic rings. The fraction of sp³-hybridized carbons (Fsp3) is 0.444. The van der Waals surface area contributed by atoms with Crippen molar-refractivity contribution in [1.82, 2.24) is 9.88 Å². The van der Waals surface area contributed by atoms with Gasteiger partial charge in [0.2, 0.25) is 0 Å². The van der Waals surface area contributed by atoms with Crippen LogP contribution in [0.2, 0.25) is 5.02 Å². The van der Waals surface area contributed by atoms with Crippen molar-refractivity contribution < 1.29 is 9.90 Å². The molecule has 1 fully saturated rings. The molecule has 5 heteroatoms. The van der Waals surface area contributed by atoms with Gasteiger partial charge < -0.3 is 5.11 Å². The number of hydrogen-bond acceptors (Lipinski definition) is 3. The second-order valence-corrected chi connectivity index (χ2v) is 6.68. The predicted molar refractivity (Wildman–Crippen MR) is 91.6 cm³/mol. The van der Waals surface area contributed by atoms with Gasteiger partial charge in [0.05, 0.1) is 5.52 Å². The molecule has 1 saturated heterocycles. The molecule has 1 aliphatic heterocycles. The minimum Gasteiger partial charge on any atom is -0.481 e. The summed E-state index contributed by atoms with van der Waals surface area (Å²) in [6.45, 7) is 2.74. The molecule has 1 aliphatic rings. The van der Waals surface area contributed by atoms with Crippen LogP contribution in [-0.4, -0.2) is 34.0 Å². The smallest absolute Gasteiger partial charge is 0.303 e. The Kier molecular flexibility index (Phi) is 5.13. The summed E-state index contributed by atoms with van der Waals surface area (Å²) in [4.78, 5) is 17.6. The molecule has 1 N–H and O–H groups in total. The lowest BCUT2D eigenvalue weighted by Gasteiger charge is -2.33. The lowest BCUT2D eigenvalue weighted by atomic mass is 9.93. The van der Waals surface area contributed by atoms with Gasteiger partial charge in [0.1, 0.15) is 0 Å². The molecule has 0 aliphatic carbocycles. The molecule has 1 aromatic heterocycles. The van der Waals surface area contributed by atoms with Crippen molar-refractivity contribution >= 4 is 28.5 Å². The minimum absolute atomic E-state index is 0.259. The number of fused-ring (bicyclic) bond motifs is 1. The molecule has 0 radical (unpaired) electrons. The lowest BCUT2D eigenvalue weighted by Crippen LogP contribution is -2.35. The van der Waals surface area contributed by atoms with E-state index in [1.165, 1.54) is 0 Å². The van der Waals surface area contributed by atoms with E-state index in [1.54, 1.807) is 6.20 Å². The van der Waals surface area contributed by atoms with E-state index >= 15 is 0 Å². The number of carboxylic acid groups (broad SMARTS) is 1.